The highest BCUT2D eigenvalue weighted by Crippen LogP contribution is 2.22. The van der Waals surface area contributed by atoms with Gasteiger partial charge in [0.15, 0.2) is 0 Å². The van der Waals surface area contributed by atoms with Crippen molar-refractivity contribution in [1.29, 1.82) is 0 Å². The molecule has 0 saturated heterocycles. The fraction of sp³-hybridized carbons (Fsp3) is 0.300. The average Bonchev–Trinajstić information content (AvgIpc) is 3.15. The van der Waals surface area contributed by atoms with Gasteiger partial charge >= 0.3 is 6.09 Å². The van der Waals surface area contributed by atoms with Gasteiger partial charge in [0, 0.05) is 36.0 Å². The Morgan fingerprint density at radius 2 is 1.70 bits per heavy atom. The number of imidazole rings is 1. The summed E-state index contributed by atoms with van der Waals surface area (Å²) in [6, 6.07) is 7.18. The van der Waals surface area contributed by atoms with Gasteiger partial charge in [-0.3, -0.25) is 0 Å². The summed E-state index contributed by atoms with van der Waals surface area (Å²) in [5, 5.41) is -0.221. The lowest BCUT2D eigenvalue weighted by molar-refractivity contribution is 0.0536. The van der Waals surface area contributed by atoms with Gasteiger partial charge in [0.1, 0.15) is 24.3 Å². The molecular weight excluding hydrogens is 408 g/mol. The smallest absolute Gasteiger partial charge is 0.419 e. The van der Waals surface area contributed by atoms with Gasteiger partial charge in [-0.1, -0.05) is 0 Å². The normalized spacial score (nSPS) is 11.9. The standard InChI is InChI=1S/C20H22N4O5S/c1-20(2,3)29-19(25)24-11-17(23-13-24)15-5-7-16(8-6-15)28-12-14-9-21-18(22-10-14)30(4,26)27/h5-11,13H,12H2,1-4H3. The fourth-order valence-corrected chi connectivity index (χ4v) is 2.87. The third-order valence-corrected chi connectivity index (χ3v) is 4.63. The van der Waals surface area contributed by atoms with E-state index in [1.165, 1.54) is 23.3 Å². The topological polar surface area (TPSA) is 113 Å². The van der Waals surface area contributed by atoms with E-state index < -0.39 is 21.5 Å². The third kappa shape index (κ3) is 5.63. The van der Waals surface area contributed by atoms with Gasteiger partial charge < -0.3 is 9.47 Å². The lowest BCUT2D eigenvalue weighted by Crippen LogP contribution is -2.26. The van der Waals surface area contributed by atoms with Crippen LogP contribution in [0.4, 0.5) is 4.79 Å². The van der Waals surface area contributed by atoms with Crippen LogP contribution in [-0.2, 0) is 21.2 Å². The fourth-order valence-electron chi connectivity index (χ4n) is 2.38. The number of sulfone groups is 1. The Kier molecular flexibility index (Phi) is 5.88. The molecule has 3 rings (SSSR count). The average molecular weight is 430 g/mol. The molecule has 0 N–H and O–H groups in total. The zero-order chi connectivity index (χ0) is 21.9. The Hall–Kier alpha value is -3.27. The Labute approximate surface area is 174 Å². The van der Waals surface area contributed by atoms with Gasteiger partial charge in [-0.2, -0.15) is 0 Å². The van der Waals surface area contributed by atoms with Crippen molar-refractivity contribution >= 4 is 15.9 Å². The summed E-state index contributed by atoms with van der Waals surface area (Å²) >= 11 is 0. The van der Waals surface area contributed by atoms with Gasteiger partial charge in [-0.15, -0.1) is 0 Å². The summed E-state index contributed by atoms with van der Waals surface area (Å²) in [4.78, 5) is 24.0. The van der Waals surface area contributed by atoms with Crippen molar-refractivity contribution in [3.63, 3.8) is 0 Å². The molecule has 0 aliphatic heterocycles. The zero-order valence-corrected chi connectivity index (χ0v) is 17.9. The van der Waals surface area contributed by atoms with E-state index in [4.69, 9.17) is 9.47 Å². The van der Waals surface area contributed by atoms with E-state index in [2.05, 4.69) is 15.0 Å². The molecule has 0 bridgehead atoms. The number of ether oxygens (including phenoxy) is 2. The van der Waals surface area contributed by atoms with Crippen LogP contribution >= 0.6 is 0 Å². The van der Waals surface area contributed by atoms with Gasteiger partial charge in [0.05, 0.1) is 5.69 Å². The van der Waals surface area contributed by atoms with E-state index in [0.29, 0.717) is 17.0 Å². The molecule has 10 heteroatoms. The maximum Gasteiger partial charge on any atom is 0.419 e. The van der Waals surface area contributed by atoms with Crippen LogP contribution in [0.1, 0.15) is 26.3 Å². The van der Waals surface area contributed by atoms with Crippen molar-refractivity contribution in [1.82, 2.24) is 19.5 Å². The molecule has 1 aromatic carbocycles. The van der Waals surface area contributed by atoms with Crippen LogP contribution in [-0.4, -0.2) is 45.9 Å². The van der Waals surface area contributed by atoms with Gasteiger partial charge in [-0.05, 0) is 45.0 Å². The number of aromatic nitrogens is 4. The first-order chi connectivity index (χ1) is 14.0. The second-order valence-electron chi connectivity index (χ2n) is 7.61. The number of carbonyl (C=O) groups is 1. The van der Waals surface area contributed by atoms with Crippen molar-refractivity contribution in [3.8, 4) is 17.0 Å². The molecular formula is C20H22N4O5S. The molecule has 9 nitrogen and oxygen atoms in total. The predicted octanol–water partition coefficient (Wildman–Crippen LogP) is 3.11. The highest BCUT2D eigenvalue weighted by Gasteiger charge is 2.18. The summed E-state index contributed by atoms with van der Waals surface area (Å²) in [6.07, 6.45) is 6.41. The summed E-state index contributed by atoms with van der Waals surface area (Å²) in [7, 11) is -3.43. The largest absolute Gasteiger partial charge is 0.489 e. The molecule has 0 amide bonds. The monoisotopic (exact) mass is 430 g/mol. The van der Waals surface area contributed by atoms with Gasteiger partial charge in [0.25, 0.3) is 0 Å². The van der Waals surface area contributed by atoms with E-state index in [1.807, 2.05) is 12.1 Å². The van der Waals surface area contributed by atoms with E-state index in [-0.39, 0.29) is 11.8 Å². The van der Waals surface area contributed by atoms with Crippen molar-refractivity contribution in [3.05, 3.63) is 54.7 Å². The van der Waals surface area contributed by atoms with Gasteiger partial charge in [0.2, 0.25) is 15.0 Å². The summed E-state index contributed by atoms with van der Waals surface area (Å²) < 4.78 is 35.1. The molecule has 0 saturated carbocycles. The van der Waals surface area contributed by atoms with Gasteiger partial charge in [-0.25, -0.2) is 32.7 Å². The first-order valence-electron chi connectivity index (χ1n) is 9.03. The Morgan fingerprint density at radius 1 is 1.07 bits per heavy atom. The van der Waals surface area contributed by atoms with E-state index in [1.54, 1.807) is 39.1 Å². The number of carbonyl (C=O) groups excluding carboxylic acids is 1. The molecule has 0 atom stereocenters. The van der Waals surface area contributed by atoms with E-state index >= 15 is 0 Å². The number of benzene rings is 1. The molecule has 3 aromatic rings. The summed E-state index contributed by atoms with van der Waals surface area (Å²) in [5.41, 5.74) is 1.49. The van der Waals surface area contributed by atoms with Crippen LogP contribution < -0.4 is 4.74 Å². The van der Waals surface area contributed by atoms with Crippen LogP contribution in [0.15, 0.2) is 54.3 Å². The van der Waals surface area contributed by atoms with Crippen molar-refractivity contribution < 1.29 is 22.7 Å². The number of rotatable bonds is 5. The van der Waals surface area contributed by atoms with E-state index in [9.17, 15) is 13.2 Å². The lowest BCUT2D eigenvalue weighted by Gasteiger charge is -2.19. The molecule has 158 valence electrons. The number of nitrogens with zero attached hydrogens (tertiary/aromatic N) is 4. The summed E-state index contributed by atoms with van der Waals surface area (Å²) in [6.45, 7) is 5.59. The molecule has 0 spiro atoms. The minimum absolute atomic E-state index is 0.191. The van der Waals surface area contributed by atoms with Crippen molar-refractivity contribution in [2.45, 2.75) is 38.1 Å². The van der Waals surface area contributed by atoms with Crippen LogP contribution in [0.25, 0.3) is 11.3 Å². The minimum atomic E-state index is -3.43. The second-order valence-corrected chi connectivity index (χ2v) is 9.52. The molecule has 0 aliphatic carbocycles. The Morgan fingerprint density at radius 3 is 2.27 bits per heavy atom. The Balaban J connectivity index is 1.62. The molecule has 0 aliphatic rings. The maximum atomic E-state index is 12.1. The molecule has 0 fully saturated rings. The summed E-state index contributed by atoms with van der Waals surface area (Å²) in [5.74, 6) is 0.609. The predicted molar refractivity (Wildman–Crippen MR) is 109 cm³/mol. The number of hydrogen-bond acceptors (Lipinski definition) is 8. The maximum absolute atomic E-state index is 12.1. The van der Waals surface area contributed by atoms with Crippen LogP contribution in [0.2, 0.25) is 0 Å². The third-order valence-electron chi connectivity index (χ3n) is 3.76. The first-order valence-corrected chi connectivity index (χ1v) is 10.9. The highest BCUT2D eigenvalue weighted by molar-refractivity contribution is 7.90. The van der Waals surface area contributed by atoms with Crippen LogP contribution in [0.5, 0.6) is 5.75 Å². The molecule has 0 radical (unpaired) electrons. The quantitative estimate of drug-likeness (QED) is 0.568. The SMILES string of the molecule is CC(C)(C)OC(=O)n1cnc(-c2ccc(OCc3cnc(S(C)(=O)=O)nc3)cc2)c1. The molecule has 30 heavy (non-hydrogen) atoms. The van der Waals surface area contributed by atoms with Crippen molar-refractivity contribution in [2.75, 3.05) is 6.26 Å². The molecule has 2 aromatic heterocycles. The highest BCUT2D eigenvalue weighted by atomic mass is 32.2. The second kappa shape index (κ2) is 8.23. The Bertz CT molecular complexity index is 1130. The number of hydrogen-bond donors (Lipinski definition) is 0. The van der Waals surface area contributed by atoms with Crippen LogP contribution in [0, 0.1) is 0 Å². The molecule has 0 unspecified atom stereocenters. The zero-order valence-electron chi connectivity index (χ0n) is 17.1. The van der Waals surface area contributed by atoms with Crippen LogP contribution in [0.3, 0.4) is 0 Å². The van der Waals surface area contributed by atoms with Crippen molar-refractivity contribution in [2.24, 2.45) is 0 Å². The lowest BCUT2D eigenvalue weighted by atomic mass is 10.1. The molecule has 2 heterocycles. The van der Waals surface area contributed by atoms with E-state index in [0.717, 1.165) is 11.8 Å². The first kappa shape index (κ1) is 21.4. The minimum Gasteiger partial charge on any atom is -0.489 e.